The molecule has 6 nitrogen and oxygen atoms in total. The lowest BCUT2D eigenvalue weighted by atomic mass is 10.1. The summed E-state index contributed by atoms with van der Waals surface area (Å²) in [5.41, 5.74) is 4.23. The topological polar surface area (TPSA) is 47.5 Å². The minimum atomic E-state index is -0.229. The first kappa shape index (κ1) is 21.3. The summed E-state index contributed by atoms with van der Waals surface area (Å²) in [5, 5.41) is 3.17. The Morgan fingerprint density at radius 1 is 1.13 bits per heavy atom. The van der Waals surface area contributed by atoms with Crippen LogP contribution in [0.1, 0.15) is 25.1 Å². The summed E-state index contributed by atoms with van der Waals surface area (Å²) in [6.45, 7) is 10.8. The molecular weight excluding hydrogens is 391 g/mol. The van der Waals surface area contributed by atoms with Crippen molar-refractivity contribution in [3.05, 3.63) is 59.8 Å². The van der Waals surface area contributed by atoms with E-state index in [1.807, 2.05) is 25.3 Å². The molecule has 1 saturated heterocycles. The van der Waals surface area contributed by atoms with Gasteiger partial charge >= 0.3 is 0 Å². The van der Waals surface area contributed by atoms with Gasteiger partial charge in [0.2, 0.25) is 5.95 Å². The first-order chi connectivity index (χ1) is 14.9. The van der Waals surface area contributed by atoms with E-state index in [4.69, 9.17) is 4.98 Å². The normalized spacial score (nSPS) is 17.3. The highest BCUT2D eigenvalue weighted by Crippen LogP contribution is 2.27. The van der Waals surface area contributed by atoms with E-state index in [1.165, 1.54) is 6.07 Å². The molecule has 0 amide bonds. The minimum absolute atomic E-state index is 0.229. The molecule has 0 saturated carbocycles. The number of nitrogens with one attached hydrogen (secondary N) is 1. The highest BCUT2D eigenvalue weighted by atomic mass is 19.1. The first-order valence-corrected chi connectivity index (χ1v) is 10.9. The van der Waals surface area contributed by atoms with Gasteiger partial charge in [-0.05, 0) is 51.6 Å². The number of benzene rings is 1. The number of nitrogens with zero attached hydrogens (tertiary/aromatic N) is 5. The molecule has 164 valence electrons. The number of piperazine rings is 1. The number of aromatic nitrogens is 2. The largest absolute Gasteiger partial charge is 0.371 e. The van der Waals surface area contributed by atoms with Gasteiger partial charge in [0, 0.05) is 62.4 Å². The Kier molecular flexibility index (Phi) is 6.23. The molecule has 31 heavy (non-hydrogen) atoms. The molecule has 1 N–H and O–H groups in total. The third kappa shape index (κ3) is 4.88. The average molecular weight is 423 g/mol. The van der Waals surface area contributed by atoms with E-state index in [2.05, 4.69) is 64.2 Å². The lowest BCUT2D eigenvalue weighted by Gasteiger charge is -2.34. The predicted molar refractivity (Wildman–Crippen MR) is 125 cm³/mol. The van der Waals surface area contributed by atoms with Crippen LogP contribution >= 0.6 is 0 Å². The second-order valence-corrected chi connectivity index (χ2v) is 8.58. The summed E-state index contributed by atoms with van der Waals surface area (Å²) in [4.78, 5) is 15.8. The van der Waals surface area contributed by atoms with Crippen molar-refractivity contribution in [2.45, 2.75) is 26.8 Å². The molecule has 2 aromatic rings. The van der Waals surface area contributed by atoms with Crippen LogP contribution in [0.2, 0.25) is 0 Å². The molecule has 1 fully saturated rings. The fourth-order valence-corrected chi connectivity index (χ4v) is 3.89. The Labute approximate surface area is 184 Å². The Bertz CT molecular complexity index is 992. The van der Waals surface area contributed by atoms with Crippen LogP contribution in [0, 0.1) is 12.7 Å². The number of likely N-dealkylation sites (N-methyl/N-ethyl adjacent to an activating group) is 1. The monoisotopic (exact) mass is 422 g/mol. The van der Waals surface area contributed by atoms with Crippen LogP contribution in [-0.4, -0.2) is 65.6 Å². The molecule has 0 spiro atoms. The third-order valence-electron chi connectivity index (χ3n) is 5.87. The van der Waals surface area contributed by atoms with E-state index in [0.717, 1.165) is 49.6 Å². The summed E-state index contributed by atoms with van der Waals surface area (Å²) in [7, 11) is 2.09. The molecule has 2 aliphatic rings. The second-order valence-electron chi connectivity index (χ2n) is 8.58. The fourth-order valence-electron chi connectivity index (χ4n) is 3.89. The summed E-state index contributed by atoms with van der Waals surface area (Å²) >= 11 is 0. The second kappa shape index (κ2) is 9.06. The lowest BCUT2D eigenvalue weighted by molar-refractivity contribution is 0.311. The smallest absolute Gasteiger partial charge is 0.227 e. The predicted octanol–water partition coefficient (Wildman–Crippen LogP) is 4.04. The first-order valence-electron chi connectivity index (χ1n) is 10.9. The molecule has 0 radical (unpaired) electrons. The number of anilines is 3. The SMILES string of the molecule is Cc1cnc(Nc2ccc(N3CCN(C)CC3)c(F)c2)nc1C1=CN(C(C)C)CC=C1. The van der Waals surface area contributed by atoms with Crippen molar-refractivity contribution in [2.75, 3.05) is 50.0 Å². The molecule has 7 heteroatoms. The summed E-state index contributed by atoms with van der Waals surface area (Å²) < 4.78 is 14.8. The van der Waals surface area contributed by atoms with E-state index in [9.17, 15) is 4.39 Å². The molecular formula is C24H31FN6. The lowest BCUT2D eigenvalue weighted by Crippen LogP contribution is -2.44. The highest BCUT2D eigenvalue weighted by Gasteiger charge is 2.18. The van der Waals surface area contributed by atoms with Crippen LogP contribution in [0.5, 0.6) is 0 Å². The van der Waals surface area contributed by atoms with Crippen LogP contribution < -0.4 is 10.2 Å². The summed E-state index contributed by atoms with van der Waals surface area (Å²) in [5.74, 6) is 0.232. The van der Waals surface area contributed by atoms with Gasteiger partial charge in [0.05, 0.1) is 11.4 Å². The van der Waals surface area contributed by atoms with Crippen molar-refractivity contribution in [1.29, 1.82) is 0 Å². The van der Waals surface area contributed by atoms with Crippen molar-refractivity contribution in [1.82, 2.24) is 19.8 Å². The Morgan fingerprint density at radius 2 is 1.90 bits per heavy atom. The zero-order chi connectivity index (χ0) is 22.0. The maximum Gasteiger partial charge on any atom is 0.227 e. The number of hydrogen-bond acceptors (Lipinski definition) is 6. The molecule has 2 aliphatic heterocycles. The van der Waals surface area contributed by atoms with E-state index in [1.54, 1.807) is 0 Å². The van der Waals surface area contributed by atoms with Gasteiger partial charge in [0.15, 0.2) is 0 Å². The molecule has 1 aromatic carbocycles. The van der Waals surface area contributed by atoms with Gasteiger partial charge < -0.3 is 20.0 Å². The van der Waals surface area contributed by atoms with Gasteiger partial charge in [-0.3, -0.25) is 0 Å². The molecule has 0 aliphatic carbocycles. The highest BCUT2D eigenvalue weighted by molar-refractivity contribution is 5.75. The van der Waals surface area contributed by atoms with Crippen LogP contribution in [-0.2, 0) is 0 Å². The maximum absolute atomic E-state index is 14.8. The molecule has 0 unspecified atom stereocenters. The van der Waals surface area contributed by atoms with Crippen LogP contribution in [0.15, 0.2) is 42.7 Å². The quantitative estimate of drug-likeness (QED) is 0.785. The van der Waals surface area contributed by atoms with Crippen molar-refractivity contribution < 1.29 is 4.39 Å². The van der Waals surface area contributed by atoms with Gasteiger partial charge in [-0.25, -0.2) is 14.4 Å². The Hall–Kier alpha value is -2.93. The molecule has 0 bridgehead atoms. The summed E-state index contributed by atoms with van der Waals surface area (Å²) in [6, 6.07) is 5.67. The van der Waals surface area contributed by atoms with Gasteiger partial charge in [-0.2, -0.15) is 0 Å². The van der Waals surface area contributed by atoms with Crippen molar-refractivity contribution >= 4 is 22.9 Å². The number of halogens is 1. The van der Waals surface area contributed by atoms with Crippen LogP contribution in [0.3, 0.4) is 0 Å². The van der Waals surface area contributed by atoms with Crippen LogP contribution in [0.25, 0.3) is 5.57 Å². The standard InChI is InChI=1S/C24H31FN6/c1-17(2)31-9-5-6-19(16-31)23-18(3)15-26-24(28-23)27-20-7-8-22(21(25)14-20)30-12-10-29(4)11-13-30/h5-8,14-17H,9-13H2,1-4H3,(H,26,27,28). The number of hydrogen-bond donors (Lipinski definition) is 1. The van der Waals surface area contributed by atoms with E-state index < -0.39 is 0 Å². The zero-order valence-electron chi connectivity index (χ0n) is 18.8. The molecule has 4 rings (SSSR count). The molecule has 1 aromatic heterocycles. The van der Waals surface area contributed by atoms with Crippen LogP contribution in [0.4, 0.5) is 21.7 Å². The van der Waals surface area contributed by atoms with E-state index >= 15 is 0 Å². The molecule has 3 heterocycles. The van der Waals surface area contributed by atoms with E-state index in [-0.39, 0.29) is 5.82 Å². The van der Waals surface area contributed by atoms with E-state index in [0.29, 0.717) is 23.4 Å². The zero-order valence-corrected chi connectivity index (χ0v) is 18.8. The summed E-state index contributed by atoms with van der Waals surface area (Å²) in [6.07, 6.45) is 8.20. The van der Waals surface area contributed by atoms with Gasteiger partial charge in [-0.1, -0.05) is 12.2 Å². The van der Waals surface area contributed by atoms with Crippen molar-refractivity contribution in [3.63, 3.8) is 0 Å². The third-order valence-corrected chi connectivity index (χ3v) is 5.87. The minimum Gasteiger partial charge on any atom is -0.371 e. The van der Waals surface area contributed by atoms with Gasteiger partial charge in [0.1, 0.15) is 5.82 Å². The van der Waals surface area contributed by atoms with Gasteiger partial charge in [0.25, 0.3) is 0 Å². The Morgan fingerprint density at radius 3 is 2.61 bits per heavy atom. The number of aryl methyl sites for hydroxylation is 1. The molecule has 0 atom stereocenters. The number of allylic oxidation sites excluding steroid dienone is 2. The van der Waals surface area contributed by atoms with Crippen molar-refractivity contribution in [2.24, 2.45) is 0 Å². The maximum atomic E-state index is 14.8. The average Bonchev–Trinajstić information content (AvgIpc) is 2.76. The Balaban J connectivity index is 1.53. The fraction of sp³-hybridized carbons (Fsp3) is 0.417. The number of rotatable bonds is 5. The van der Waals surface area contributed by atoms with Gasteiger partial charge in [-0.15, -0.1) is 0 Å². The van der Waals surface area contributed by atoms with Crippen molar-refractivity contribution in [3.8, 4) is 0 Å².